The molecule has 18 heavy (non-hydrogen) atoms. The van der Waals surface area contributed by atoms with Crippen LogP contribution in [-0.4, -0.2) is 25.9 Å². The maximum Gasteiger partial charge on any atom is 0.233 e. The summed E-state index contributed by atoms with van der Waals surface area (Å²) in [6.07, 6.45) is 0. The van der Waals surface area contributed by atoms with Gasteiger partial charge in [0, 0.05) is 12.3 Å². The van der Waals surface area contributed by atoms with Crippen LogP contribution < -0.4 is 4.72 Å². The van der Waals surface area contributed by atoms with E-state index in [-0.39, 0.29) is 18.3 Å². The van der Waals surface area contributed by atoms with Crippen molar-refractivity contribution < 1.29 is 13.5 Å². The van der Waals surface area contributed by atoms with E-state index in [9.17, 15) is 8.42 Å². The zero-order valence-electron chi connectivity index (χ0n) is 11.1. The van der Waals surface area contributed by atoms with Gasteiger partial charge in [-0.3, -0.25) is 4.72 Å². The fraction of sp³-hybridized carbons (Fsp3) is 0.538. The van der Waals surface area contributed by atoms with Gasteiger partial charge in [0.1, 0.15) is 0 Å². The van der Waals surface area contributed by atoms with Gasteiger partial charge < -0.3 is 5.11 Å². The third kappa shape index (κ3) is 4.66. The van der Waals surface area contributed by atoms with E-state index in [1.165, 1.54) is 5.56 Å². The fourth-order valence-corrected chi connectivity index (χ4v) is 3.02. The number of aliphatic hydroxyl groups excluding tert-OH is 1. The molecule has 0 aliphatic heterocycles. The number of hydrogen-bond acceptors (Lipinski definition) is 3. The highest BCUT2D eigenvalue weighted by molar-refractivity contribution is 7.92. The van der Waals surface area contributed by atoms with Gasteiger partial charge in [0.15, 0.2) is 0 Å². The van der Waals surface area contributed by atoms with E-state index < -0.39 is 10.0 Å². The van der Waals surface area contributed by atoms with E-state index in [0.717, 1.165) is 0 Å². The van der Waals surface area contributed by atoms with Gasteiger partial charge in [0.2, 0.25) is 10.0 Å². The molecule has 1 rings (SSSR count). The standard InChI is InChI=1S/C13H21NO3S/c1-10(2)12-4-6-13(7-5-12)14-18(16,17)9-11(3)8-15/h4-7,10-11,14-15H,8-9H2,1-3H3. The van der Waals surface area contributed by atoms with Crippen LogP contribution in [-0.2, 0) is 10.0 Å². The van der Waals surface area contributed by atoms with Gasteiger partial charge in [-0.15, -0.1) is 0 Å². The predicted octanol–water partition coefficient (Wildman–Crippen LogP) is 2.18. The first-order chi connectivity index (χ1) is 8.34. The lowest BCUT2D eigenvalue weighted by atomic mass is 10.0. The van der Waals surface area contributed by atoms with Crippen molar-refractivity contribution in [1.29, 1.82) is 0 Å². The van der Waals surface area contributed by atoms with Gasteiger partial charge in [-0.25, -0.2) is 8.42 Å². The van der Waals surface area contributed by atoms with Gasteiger partial charge in [-0.05, 0) is 29.5 Å². The molecule has 0 aliphatic rings. The number of anilines is 1. The third-order valence-corrected chi connectivity index (χ3v) is 4.22. The zero-order chi connectivity index (χ0) is 13.8. The minimum atomic E-state index is -3.39. The highest BCUT2D eigenvalue weighted by Crippen LogP contribution is 2.18. The molecule has 0 heterocycles. The van der Waals surface area contributed by atoms with Gasteiger partial charge in [0.05, 0.1) is 5.75 Å². The van der Waals surface area contributed by atoms with Crippen molar-refractivity contribution >= 4 is 15.7 Å². The Kier molecular flexibility index (Phi) is 5.16. The van der Waals surface area contributed by atoms with Crippen LogP contribution in [0.3, 0.4) is 0 Å². The summed E-state index contributed by atoms with van der Waals surface area (Å²) in [6, 6.07) is 7.35. The Balaban J connectivity index is 2.72. The molecule has 1 atom stereocenters. The first-order valence-corrected chi connectivity index (χ1v) is 7.70. The summed E-state index contributed by atoms with van der Waals surface area (Å²) >= 11 is 0. The highest BCUT2D eigenvalue weighted by Gasteiger charge is 2.15. The summed E-state index contributed by atoms with van der Waals surface area (Å²) in [4.78, 5) is 0. The number of sulfonamides is 1. The average Bonchev–Trinajstić information content (AvgIpc) is 2.28. The smallest absolute Gasteiger partial charge is 0.233 e. The fourth-order valence-electron chi connectivity index (χ4n) is 1.58. The van der Waals surface area contributed by atoms with Crippen molar-refractivity contribution in [3.63, 3.8) is 0 Å². The molecule has 0 saturated carbocycles. The van der Waals surface area contributed by atoms with Crippen LogP contribution in [0.15, 0.2) is 24.3 Å². The number of nitrogens with one attached hydrogen (secondary N) is 1. The second kappa shape index (κ2) is 6.20. The van der Waals surface area contributed by atoms with E-state index in [4.69, 9.17) is 5.11 Å². The lowest BCUT2D eigenvalue weighted by Gasteiger charge is -2.12. The summed E-state index contributed by atoms with van der Waals surface area (Å²) in [5.41, 5.74) is 1.73. The molecule has 0 aliphatic carbocycles. The maximum atomic E-state index is 11.8. The molecular weight excluding hydrogens is 250 g/mol. The molecule has 0 amide bonds. The van der Waals surface area contributed by atoms with Crippen molar-refractivity contribution in [3.8, 4) is 0 Å². The summed E-state index contributed by atoms with van der Waals surface area (Å²) in [7, 11) is -3.39. The molecular formula is C13H21NO3S. The average molecular weight is 271 g/mol. The van der Waals surface area contributed by atoms with Crippen molar-refractivity contribution in [2.24, 2.45) is 5.92 Å². The molecule has 0 spiro atoms. The van der Waals surface area contributed by atoms with Crippen molar-refractivity contribution in [2.75, 3.05) is 17.1 Å². The summed E-state index contributed by atoms with van der Waals surface area (Å²) in [6.45, 7) is 5.73. The van der Waals surface area contributed by atoms with Crippen LogP contribution in [0.2, 0.25) is 0 Å². The largest absolute Gasteiger partial charge is 0.396 e. The third-order valence-electron chi connectivity index (χ3n) is 2.67. The van der Waals surface area contributed by atoms with Crippen LogP contribution in [0.4, 0.5) is 5.69 Å². The zero-order valence-corrected chi connectivity index (χ0v) is 11.9. The topological polar surface area (TPSA) is 66.4 Å². The molecule has 102 valence electrons. The maximum absolute atomic E-state index is 11.8. The molecule has 4 nitrogen and oxygen atoms in total. The quantitative estimate of drug-likeness (QED) is 0.833. The Morgan fingerprint density at radius 3 is 2.17 bits per heavy atom. The Morgan fingerprint density at radius 1 is 1.17 bits per heavy atom. The second-order valence-corrected chi connectivity index (χ2v) is 6.71. The number of hydrogen-bond donors (Lipinski definition) is 2. The van der Waals surface area contributed by atoms with Crippen molar-refractivity contribution in [2.45, 2.75) is 26.7 Å². The molecule has 0 saturated heterocycles. The van der Waals surface area contributed by atoms with Crippen LogP contribution in [0, 0.1) is 5.92 Å². The minimum absolute atomic E-state index is 0.0740. The van der Waals surface area contributed by atoms with E-state index in [2.05, 4.69) is 18.6 Å². The van der Waals surface area contributed by atoms with Crippen molar-refractivity contribution in [1.82, 2.24) is 0 Å². The molecule has 1 aromatic rings. The Morgan fingerprint density at radius 2 is 1.72 bits per heavy atom. The molecule has 1 unspecified atom stereocenters. The molecule has 5 heteroatoms. The highest BCUT2D eigenvalue weighted by atomic mass is 32.2. The molecule has 0 aromatic heterocycles. The monoisotopic (exact) mass is 271 g/mol. The molecule has 2 N–H and O–H groups in total. The number of rotatable bonds is 6. The Hall–Kier alpha value is -1.07. The SMILES string of the molecule is CC(CO)CS(=O)(=O)Nc1ccc(C(C)C)cc1. The number of benzene rings is 1. The van der Waals surface area contributed by atoms with E-state index in [1.54, 1.807) is 19.1 Å². The van der Waals surface area contributed by atoms with Crippen LogP contribution in [0.5, 0.6) is 0 Å². The summed E-state index contributed by atoms with van der Waals surface area (Å²) in [5.74, 6) is 0.0811. The van der Waals surface area contributed by atoms with Crippen LogP contribution in [0.1, 0.15) is 32.3 Å². The minimum Gasteiger partial charge on any atom is -0.396 e. The normalized spacial score (nSPS) is 13.6. The Labute approximate surface area is 109 Å². The van der Waals surface area contributed by atoms with Gasteiger partial charge in [0.25, 0.3) is 0 Å². The second-order valence-electron chi connectivity index (χ2n) is 4.95. The van der Waals surface area contributed by atoms with E-state index in [1.807, 2.05) is 12.1 Å². The first-order valence-electron chi connectivity index (χ1n) is 6.05. The first kappa shape index (κ1) is 15.0. The van der Waals surface area contributed by atoms with E-state index in [0.29, 0.717) is 11.6 Å². The van der Waals surface area contributed by atoms with Gasteiger partial charge in [-0.2, -0.15) is 0 Å². The predicted molar refractivity (Wildman–Crippen MR) is 74.2 cm³/mol. The molecule has 0 radical (unpaired) electrons. The van der Waals surface area contributed by atoms with Crippen LogP contribution in [0.25, 0.3) is 0 Å². The number of aliphatic hydroxyl groups is 1. The van der Waals surface area contributed by atoms with E-state index >= 15 is 0 Å². The Bertz CT molecular complexity index is 466. The molecule has 0 bridgehead atoms. The molecule has 1 aromatic carbocycles. The van der Waals surface area contributed by atoms with Gasteiger partial charge in [-0.1, -0.05) is 32.9 Å². The van der Waals surface area contributed by atoms with Gasteiger partial charge >= 0.3 is 0 Å². The van der Waals surface area contributed by atoms with Crippen LogP contribution >= 0.6 is 0 Å². The lowest BCUT2D eigenvalue weighted by molar-refractivity contribution is 0.249. The summed E-state index contributed by atoms with van der Waals surface area (Å²) < 4.78 is 26.0. The lowest BCUT2D eigenvalue weighted by Crippen LogP contribution is -2.23. The summed E-state index contributed by atoms with van der Waals surface area (Å²) in [5, 5.41) is 8.87. The molecule has 0 fully saturated rings. The van der Waals surface area contributed by atoms with Crippen molar-refractivity contribution in [3.05, 3.63) is 29.8 Å².